The van der Waals surface area contributed by atoms with Gasteiger partial charge in [-0.15, -0.1) is 0 Å². The Hall–Kier alpha value is -4.47. The maximum atomic E-state index is 13.9. The number of hydrogen-bond donors (Lipinski definition) is 3. The van der Waals surface area contributed by atoms with Crippen molar-refractivity contribution in [3.05, 3.63) is 77.4 Å². The van der Waals surface area contributed by atoms with Gasteiger partial charge in [-0.05, 0) is 48.4 Å². The average molecular weight is 549 g/mol. The number of carbonyl (C=O) groups is 1. The van der Waals surface area contributed by atoms with Gasteiger partial charge in [0.15, 0.2) is 5.65 Å². The number of piperazine rings is 1. The normalized spacial score (nSPS) is 14.5. The molecule has 1 aliphatic rings. The van der Waals surface area contributed by atoms with E-state index in [0.717, 1.165) is 25.7 Å². The molecule has 0 atom stereocenters. The van der Waals surface area contributed by atoms with Gasteiger partial charge in [0.1, 0.15) is 17.0 Å². The molecule has 40 heavy (non-hydrogen) atoms. The molecule has 0 aliphatic carbocycles. The molecule has 4 heterocycles. The predicted molar refractivity (Wildman–Crippen MR) is 146 cm³/mol. The van der Waals surface area contributed by atoms with Gasteiger partial charge in [-0.3, -0.25) is 10.2 Å². The van der Waals surface area contributed by atoms with E-state index in [1.807, 2.05) is 4.90 Å². The third-order valence-corrected chi connectivity index (χ3v) is 6.58. The van der Waals surface area contributed by atoms with Crippen molar-refractivity contribution in [2.24, 2.45) is 0 Å². The van der Waals surface area contributed by atoms with Crippen molar-refractivity contribution in [2.75, 3.05) is 43.4 Å². The first-order valence-corrected chi connectivity index (χ1v) is 12.8. The number of hydrogen-bond acceptors (Lipinski definition) is 6. The summed E-state index contributed by atoms with van der Waals surface area (Å²) in [4.78, 5) is 32.6. The molecule has 3 N–H and O–H groups in total. The fraction of sp³-hybridized carbons (Fsp3) is 0.286. The standard InChI is InChI=1S/C28H27F3N8O/c1-2-38-11-13-39(14-12-38)18-20-4-6-21(16-23(20)28(29,30)31)36-27(40)37-25-15-19(7-9-32-25)3-5-22-17-34-26-24(35-22)8-10-33-26/h4,6-10,15-17H,2,11-14,18H2,1H3,(H,33,34)(H2,32,36,37,40). The Balaban J connectivity index is 1.24. The van der Waals surface area contributed by atoms with Gasteiger partial charge in [-0.2, -0.15) is 13.2 Å². The first-order valence-electron chi connectivity index (χ1n) is 12.8. The van der Waals surface area contributed by atoms with Gasteiger partial charge in [-0.1, -0.05) is 18.9 Å². The molecule has 0 saturated carbocycles. The number of nitrogens with one attached hydrogen (secondary N) is 3. The summed E-state index contributed by atoms with van der Waals surface area (Å²) in [5.41, 5.74) is 1.83. The molecular weight excluding hydrogens is 521 g/mol. The highest BCUT2D eigenvalue weighted by Gasteiger charge is 2.34. The third-order valence-electron chi connectivity index (χ3n) is 6.58. The zero-order chi connectivity index (χ0) is 28.1. The van der Waals surface area contributed by atoms with Crippen LogP contribution in [0.1, 0.15) is 29.3 Å². The Morgan fingerprint density at radius 3 is 2.60 bits per heavy atom. The van der Waals surface area contributed by atoms with Crippen molar-refractivity contribution in [2.45, 2.75) is 19.6 Å². The Morgan fingerprint density at radius 2 is 1.82 bits per heavy atom. The summed E-state index contributed by atoms with van der Waals surface area (Å²) < 4.78 is 41.7. The molecular formula is C28H27F3N8O. The largest absolute Gasteiger partial charge is 0.416 e. The Labute approximate surface area is 228 Å². The number of benzene rings is 1. The third kappa shape index (κ3) is 6.74. The number of likely N-dealkylation sites (N-methyl/N-ethyl adjacent to an activating group) is 1. The van der Waals surface area contributed by atoms with E-state index in [1.165, 1.54) is 18.3 Å². The van der Waals surface area contributed by atoms with Crippen molar-refractivity contribution in [3.63, 3.8) is 0 Å². The van der Waals surface area contributed by atoms with E-state index in [1.54, 1.807) is 30.6 Å². The zero-order valence-electron chi connectivity index (χ0n) is 21.7. The first kappa shape index (κ1) is 27.1. The molecule has 1 saturated heterocycles. The summed E-state index contributed by atoms with van der Waals surface area (Å²) in [6.45, 7) is 6.27. The minimum absolute atomic E-state index is 0.0269. The number of carbonyl (C=O) groups excluding carboxylic acids is 1. The first-order chi connectivity index (χ1) is 19.3. The van der Waals surface area contributed by atoms with Crippen LogP contribution in [0.2, 0.25) is 0 Å². The van der Waals surface area contributed by atoms with Crippen molar-refractivity contribution in [1.29, 1.82) is 0 Å². The molecule has 1 aliphatic heterocycles. The number of pyridine rings is 1. The van der Waals surface area contributed by atoms with Gasteiger partial charge in [-0.25, -0.2) is 19.7 Å². The Kier molecular flexibility index (Phi) is 7.95. The van der Waals surface area contributed by atoms with E-state index in [9.17, 15) is 18.0 Å². The average Bonchev–Trinajstić information content (AvgIpc) is 3.41. The molecule has 1 fully saturated rings. The molecule has 0 spiro atoms. The number of H-pyrrole nitrogens is 1. The molecule has 3 aromatic heterocycles. The van der Waals surface area contributed by atoms with E-state index >= 15 is 0 Å². The molecule has 5 rings (SSSR count). The van der Waals surface area contributed by atoms with Crippen molar-refractivity contribution in [1.82, 2.24) is 29.7 Å². The molecule has 0 unspecified atom stereocenters. The summed E-state index contributed by atoms with van der Waals surface area (Å²) in [5, 5.41) is 5.01. The summed E-state index contributed by atoms with van der Waals surface area (Å²) >= 11 is 0. The Morgan fingerprint density at radius 1 is 1.02 bits per heavy atom. The van der Waals surface area contributed by atoms with Gasteiger partial charge in [0.25, 0.3) is 0 Å². The summed E-state index contributed by atoms with van der Waals surface area (Å²) in [7, 11) is 0. The lowest BCUT2D eigenvalue weighted by Gasteiger charge is -2.34. The minimum atomic E-state index is -4.56. The summed E-state index contributed by atoms with van der Waals surface area (Å²) in [5.74, 6) is 6.05. The topological polar surface area (TPSA) is 102 Å². The van der Waals surface area contributed by atoms with Crippen LogP contribution in [0.15, 0.2) is 55.0 Å². The van der Waals surface area contributed by atoms with Crippen LogP contribution >= 0.6 is 0 Å². The lowest BCUT2D eigenvalue weighted by atomic mass is 10.0. The van der Waals surface area contributed by atoms with Crippen LogP contribution in [0.4, 0.5) is 29.5 Å². The van der Waals surface area contributed by atoms with Crippen LogP contribution in [0.3, 0.4) is 0 Å². The van der Waals surface area contributed by atoms with Crippen molar-refractivity contribution < 1.29 is 18.0 Å². The lowest BCUT2D eigenvalue weighted by Crippen LogP contribution is -2.45. The van der Waals surface area contributed by atoms with Crippen LogP contribution in [0.5, 0.6) is 0 Å². The van der Waals surface area contributed by atoms with Crippen LogP contribution in [-0.4, -0.2) is 68.5 Å². The van der Waals surface area contributed by atoms with E-state index in [0.29, 0.717) is 35.5 Å². The lowest BCUT2D eigenvalue weighted by molar-refractivity contribution is -0.138. The van der Waals surface area contributed by atoms with E-state index < -0.39 is 17.8 Å². The number of nitrogens with zero attached hydrogens (tertiary/aromatic N) is 5. The highest BCUT2D eigenvalue weighted by Crippen LogP contribution is 2.34. The number of alkyl halides is 3. The number of rotatable bonds is 5. The van der Waals surface area contributed by atoms with Gasteiger partial charge in [0, 0.05) is 56.4 Å². The fourth-order valence-corrected chi connectivity index (χ4v) is 4.44. The van der Waals surface area contributed by atoms with Crippen LogP contribution in [-0.2, 0) is 12.7 Å². The maximum absolute atomic E-state index is 13.9. The number of fused-ring (bicyclic) bond motifs is 1. The fourth-order valence-electron chi connectivity index (χ4n) is 4.44. The number of aromatic nitrogens is 4. The smallest absolute Gasteiger partial charge is 0.345 e. The second-order valence-corrected chi connectivity index (χ2v) is 9.31. The zero-order valence-corrected chi connectivity index (χ0v) is 21.7. The second kappa shape index (κ2) is 11.7. The number of urea groups is 1. The van der Waals surface area contributed by atoms with E-state index in [2.05, 4.69) is 54.2 Å². The van der Waals surface area contributed by atoms with E-state index in [4.69, 9.17) is 0 Å². The molecule has 12 heteroatoms. The molecule has 2 amide bonds. The SMILES string of the molecule is CCN1CCN(Cc2ccc(NC(=O)Nc3cc(C#Cc4cnc5[nH]ccc5n4)ccn3)cc2C(F)(F)F)CC1. The highest BCUT2D eigenvalue weighted by molar-refractivity contribution is 5.99. The monoisotopic (exact) mass is 548 g/mol. The van der Waals surface area contributed by atoms with Crippen molar-refractivity contribution in [3.8, 4) is 11.8 Å². The van der Waals surface area contributed by atoms with Crippen LogP contribution < -0.4 is 10.6 Å². The number of anilines is 2. The predicted octanol–water partition coefficient (Wildman–Crippen LogP) is 4.55. The molecule has 1 aromatic carbocycles. The van der Waals surface area contributed by atoms with Crippen LogP contribution in [0, 0.1) is 11.8 Å². The molecule has 9 nitrogen and oxygen atoms in total. The van der Waals surface area contributed by atoms with Gasteiger partial charge in [0.2, 0.25) is 0 Å². The van der Waals surface area contributed by atoms with Gasteiger partial charge >= 0.3 is 12.2 Å². The molecule has 206 valence electrons. The highest BCUT2D eigenvalue weighted by atomic mass is 19.4. The molecule has 4 aromatic rings. The number of aromatic amines is 1. The quantitative estimate of drug-likeness (QED) is 0.316. The summed E-state index contributed by atoms with van der Waals surface area (Å²) in [6, 6.07) is 8.15. The van der Waals surface area contributed by atoms with Crippen molar-refractivity contribution >= 4 is 28.7 Å². The van der Waals surface area contributed by atoms with E-state index in [-0.39, 0.29) is 23.6 Å². The Bertz CT molecular complexity index is 1570. The van der Waals surface area contributed by atoms with Gasteiger partial charge < -0.3 is 15.2 Å². The van der Waals surface area contributed by atoms with Gasteiger partial charge in [0.05, 0.1) is 11.8 Å². The number of amides is 2. The summed E-state index contributed by atoms with van der Waals surface area (Å²) in [6.07, 6.45) is 0.199. The second-order valence-electron chi connectivity index (χ2n) is 9.31. The van der Waals surface area contributed by atoms with Crippen LogP contribution in [0.25, 0.3) is 11.2 Å². The maximum Gasteiger partial charge on any atom is 0.416 e. The number of halogens is 3. The minimum Gasteiger partial charge on any atom is -0.345 e. The molecule has 0 radical (unpaired) electrons. The molecule has 0 bridgehead atoms.